The predicted molar refractivity (Wildman–Crippen MR) is 130 cm³/mol. The Hall–Kier alpha value is -3.38. The summed E-state index contributed by atoms with van der Waals surface area (Å²) in [7, 11) is -4.17. The van der Waals surface area contributed by atoms with Gasteiger partial charge in [-0.15, -0.1) is 10.2 Å². The number of H-pyrrole nitrogens is 1. The Kier molecular flexibility index (Phi) is 6.36. The van der Waals surface area contributed by atoms with Crippen LogP contribution in [0.1, 0.15) is 0 Å². The van der Waals surface area contributed by atoms with Gasteiger partial charge in [0.15, 0.2) is 11.4 Å². The summed E-state index contributed by atoms with van der Waals surface area (Å²) in [4.78, 5) is 13.1. The summed E-state index contributed by atoms with van der Waals surface area (Å²) in [5.74, 6) is -0.379. The number of hydrogen-bond acceptors (Lipinski definition) is 7. The third-order valence-electron chi connectivity index (χ3n) is 4.57. The van der Waals surface area contributed by atoms with E-state index in [0.29, 0.717) is 15.9 Å². The lowest BCUT2D eigenvalue weighted by molar-refractivity contribution is -0.384. The Morgan fingerprint density at radius 1 is 1.00 bits per heavy atom. The summed E-state index contributed by atoms with van der Waals surface area (Å²) < 4.78 is 27.7. The quantitative estimate of drug-likeness (QED) is 0.137. The van der Waals surface area contributed by atoms with Gasteiger partial charge in [0.25, 0.3) is 15.7 Å². The standard InChI is InChI=1S/C20H12Cl3N5O5S/c21-10-2-1-3-12(6-10)27-34(32,33)13-4-5-16(17(9-13)28(30)31)25-26-19-14-7-11(22)8-15(23)18(14)24-20(19)29/h1-9,24,27,29H. The van der Waals surface area contributed by atoms with E-state index >= 15 is 0 Å². The predicted octanol–water partition coefficient (Wildman–Crippen LogP) is 6.96. The number of azo groups is 1. The zero-order valence-electron chi connectivity index (χ0n) is 16.7. The molecule has 4 rings (SSSR count). The molecule has 0 saturated carbocycles. The molecule has 4 aromatic rings. The van der Waals surface area contributed by atoms with Crippen molar-refractivity contribution in [2.75, 3.05) is 4.72 Å². The number of nitrogens with one attached hydrogen (secondary N) is 2. The number of aromatic nitrogens is 1. The van der Waals surface area contributed by atoms with E-state index in [1.165, 1.54) is 24.3 Å². The van der Waals surface area contributed by atoms with Crippen LogP contribution in [0.4, 0.5) is 22.7 Å². The van der Waals surface area contributed by atoms with E-state index < -0.39 is 20.6 Å². The largest absolute Gasteiger partial charge is 0.493 e. The van der Waals surface area contributed by atoms with Crippen LogP contribution >= 0.6 is 34.8 Å². The van der Waals surface area contributed by atoms with Gasteiger partial charge in [0.1, 0.15) is 0 Å². The molecule has 3 aromatic carbocycles. The van der Waals surface area contributed by atoms with E-state index in [0.717, 1.165) is 18.2 Å². The maximum atomic E-state index is 12.7. The minimum Gasteiger partial charge on any atom is -0.493 e. The van der Waals surface area contributed by atoms with Crippen molar-refractivity contribution in [2.45, 2.75) is 4.90 Å². The second-order valence-electron chi connectivity index (χ2n) is 6.86. The molecule has 3 N–H and O–H groups in total. The summed E-state index contributed by atoms with van der Waals surface area (Å²) in [6.07, 6.45) is 0. The number of sulfonamides is 1. The molecule has 0 radical (unpaired) electrons. The van der Waals surface area contributed by atoms with Crippen molar-refractivity contribution >= 4 is 78.5 Å². The van der Waals surface area contributed by atoms with Gasteiger partial charge in [-0.3, -0.25) is 14.8 Å². The van der Waals surface area contributed by atoms with Gasteiger partial charge >= 0.3 is 0 Å². The first-order chi connectivity index (χ1) is 16.0. The van der Waals surface area contributed by atoms with E-state index in [1.807, 2.05) is 0 Å². The summed E-state index contributed by atoms with van der Waals surface area (Å²) in [5, 5.41) is 30.7. The number of benzene rings is 3. The van der Waals surface area contributed by atoms with Crippen LogP contribution < -0.4 is 4.72 Å². The van der Waals surface area contributed by atoms with Crippen molar-refractivity contribution < 1.29 is 18.4 Å². The molecular formula is C20H12Cl3N5O5S. The molecule has 174 valence electrons. The zero-order valence-corrected chi connectivity index (χ0v) is 19.7. The fraction of sp³-hybridized carbons (Fsp3) is 0. The Morgan fingerprint density at radius 3 is 2.47 bits per heavy atom. The molecule has 0 bridgehead atoms. The summed E-state index contributed by atoms with van der Waals surface area (Å²) in [6.45, 7) is 0. The van der Waals surface area contributed by atoms with Crippen molar-refractivity contribution in [1.29, 1.82) is 0 Å². The molecule has 0 aliphatic rings. The van der Waals surface area contributed by atoms with Gasteiger partial charge in [-0.2, -0.15) is 0 Å². The molecule has 1 heterocycles. The molecular weight excluding hydrogens is 529 g/mol. The average Bonchev–Trinajstić information content (AvgIpc) is 3.07. The SMILES string of the molecule is O=[N+]([O-])c1cc(S(=O)(=O)Nc2cccc(Cl)c2)ccc1N=Nc1c(O)[nH]c2c(Cl)cc(Cl)cc12. The van der Waals surface area contributed by atoms with Crippen LogP contribution in [0.3, 0.4) is 0 Å². The van der Waals surface area contributed by atoms with Crippen LogP contribution in [-0.2, 0) is 10.0 Å². The maximum absolute atomic E-state index is 12.7. The Labute approximate surface area is 207 Å². The zero-order chi connectivity index (χ0) is 24.6. The lowest BCUT2D eigenvalue weighted by Gasteiger charge is -2.08. The van der Waals surface area contributed by atoms with Gasteiger partial charge in [0, 0.05) is 21.5 Å². The Balaban J connectivity index is 1.72. The third kappa shape index (κ3) is 4.77. The lowest BCUT2D eigenvalue weighted by Crippen LogP contribution is -2.13. The van der Waals surface area contributed by atoms with Gasteiger partial charge < -0.3 is 10.1 Å². The van der Waals surface area contributed by atoms with Crippen LogP contribution in [-0.4, -0.2) is 23.4 Å². The number of anilines is 1. The highest BCUT2D eigenvalue weighted by Gasteiger charge is 2.22. The fourth-order valence-corrected chi connectivity index (χ4v) is 4.86. The van der Waals surface area contributed by atoms with Crippen molar-refractivity contribution in [3.63, 3.8) is 0 Å². The Morgan fingerprint density at radius 2 is 1.76 bits per heavy atom. The first-order valence-electron chi connectivity index (χ1n) is 9.23. The molecule has 0 aliphatic carbocycles. The van der Waals surface area contributed by atoms with Crippen molar-refractivity contribution in [2.24, 2.45) is 10.2 Å². The van der Waals surface area contributed by atoms with Gasteiger partial charge in [-0.25, -0.2) is 8.42 Å². The van der Waals surface area contributed by atoms with E-state index in [2.05, 4.69) is 19.9 Å². The van der Waals surface area contributed by atoms with Gasteiger partial charge in [0.2, 0.25) is 5.88 Å². The van der Waals surface area contributed by atoms with E-state index in [4.69, 9.17) is 34.8 Å². The van der Waals surface area contributed by atoms with Crippen molar-refractivity contribution in [1.82, 2.24) is 4.98 Å². The summed E-state index contributed by atoms with van der Waals surface area (Å²) in [5.41, 5.74) is -0.374. The normalized spacial score (nSPS) is 11.9. The monoisotopic (exact) mass is 539 g/mol. The molecule has 34 heavy (non-hydrogen) atoms. The van der Waals surface area contributed by atoms with Gasteiger partial charge in [-0.05, 0) is 42.5 Å². The summed E-state index contributed by atoms with van der Waals surface area (Å²) in [6, 6.07) is 12.0. The Bertz CT molecular complexity index is 1590. The van der Waals surface area contributed by atoms with Crippen LogP contribution in [0, 0.1) is 10.1 Å². The molecule has 14 heteroatoms. The second-order valence-corrected chi connectivity index (χ2v) is 9.82. The topological polar surface area (TPSA) is 150 Å². The minimum absolute atomic E-state index is 0.0481. The highest BCUT2D eigenvalue weighted by atomic mass is 35.5. The number of aromatic hydroxyl groups is 1. The average molecular weight is 541 g/mol. The summed E-state index contributed by atoms with van der Waals surface area (Å²) >= 11 is 18.0. The van der Waals surface area contributed by atoms with E-state index in [-0.39, 0.29) is 37.9 Å². The molecule has 10 nitrogen and oxygen atoms in total. The molecule has 0 atom stereocenters. The van der Waals surface area contributed by atoms with Crippen molar-refractivity contribution in [3.05, 3.63) is 79.8 Å². The van der Waals surface area contributed by atoms with Crippen LogP contribution in [0.15, 0.2) is 69.7 Å². The number of nitrogens with zero attached hydrogens (tertiary/aromatic N) is 3. The van der Waals surface area contributed by atoms with Gasteiger partial charge in [0.05, 0.1) is 26.0 Å². The number of nitro benzene ring substituents is 1. The molecule has 0 fully saturated rings. The third-order valence-corrected chi connectivity index (χ3v) is 6.70. The van der Waals surface area contributed by atoms with Crippen LogP contribution in [0.25, 0.3) is 10.9 Å². The number of halogens is 3. The molecule has 0 spiro atoms. The highest BCUT2D eigenvalue weighted by Crippen LogP contribution is 2.41. The van der Waals surface area contributed by atoms with E-state index in [9.17, 15) is 23.6 Å². The first kappa shape index (κ1) is 23.8. The van der Waals surface area contributed by atoms with Gasteiger partial charge in [-0.1, -0.05) is 40.9 Å². The lowest BCUT2D eigenvalue weighted by atomic mass is 10.2. The fourth-order valence-electron chi connectivity index (χ4n) is 3.06. The molecule has 0 aliphatic heterocycles. The number of fused-ring (bicyclic) bond motifs is 1. The molecule has 0 amide bonds. The molecule has 0 unspecified atom stereocenters. The van der Waals surface area contributed by atoms with E-state index in [1.54, 1.807) is 12.1 Å². The van der Waals surface area contributed by atoms with Crippen molar-refractivity contribution in [3.8, 4) is 5.88 Å². The highest BCUT2D eigenvalue weighted by molar-refractivity contribution is 7.92. The number of nitro groups is 1. The number of aromatic amines is 1. The molecule has 0 saturated heterocycles. The number of rotatable bonds is 6. The maximum Gasteiger partial charge on any atom is 0.298 e. The smallest absolute Gasteiger partial charge is 0.298 e. The van der Waals surface area contributed by atoms with Crippen LogP contribution in [0.5, 0.6) is 5.88 Å². The minimum atomic E-state index is -4.17. The van der Waals surface area contributed by atoms with Crippen LogP contribution in [0.2, 0.25) is 15.1 Å². The molecule has 1 aromatic heterocycles. The first-order valence-corrected chi connectivity index (χ1v) is 11.8. The second kappa shape index (κ2) is 9.11. The number of hydrogen-bond donors (Lipinski definition) is 3.